The van der Waals surface area contributed by atoms with Crippen LogP contribution in [0, 0.1) is 17.3 Å². The van der Waals surface area contributed by atoms with Crippen LogP contribution in [-0.4, -0.2) is 36.6 Å². The predicted molar refractivity (Wildman–Crippen MR) is 155 cm³/mol. The Balaban J connectivity index is 1.13. The molecule has 4 nitrogen and oxygen atoms in total. The molecule has 5 rings (SSSR count). The highest BCUT2D eigenvalue weighted by atomic mass is 35.5. The normalized spacial score (nSPS) is 25.9. The van der Waals surface area contributed by atoms with Gasteiger partial charge in [-0.25, -0.2) is 0 Å². The number of halogens is 2. The van der Waals surface area contributed by atoms with Crippen molar-refractivity contribution in [3.05, 3.63) is 59.2 Å². The van der Waals surface area contributed by atoms with E-state index in [-0.39, 0.29) is 11.4 Å². The third-order valence-corrected chi connectivity index (χ3v) is 9.83. The van der Waals surface area contributed by atoms with Gasteiger partial charge in [-0.15, -0.1) is 23.2 Å². The van der Waals surface area contributed by atoms with Gasteiger partial charge in [0.15, 0.2) is 0 Å². The van der Waals surface area contributed by atoms with Gasteiger partial charge in [0.2, 0.25) is 0 Å². The smallest absolute Gasteiger partial charge is 0.311 e. The van der Waals surface area contributed by atoms with Gasteiger partial charge in [-0.1, -0.05) is 25.1 Å². The molecule has 2 fully saturated rings. The standard InChI is InChI=1S/C32H39Cl2NO3/c1-32-16-15-27-26-12-10-25(21-23(26)7-11-28(27)29(32)13-14-30(32)36)38-31(37)4-2-3-22-5-8-24(9-6-22)35(19-17-33)20-18-34/h5-6,8-10,12,21,27-29H,2-4,7,11,13-20H2,1H3/t27-,28-,29+,32+/m1/s1. The van der Waals surface area contributed by atoms with Crippen molar-refractivity contribution in [3.63, 3.8) is 0 Å². The van der Waals surface area contributed by atoms with Crippen LogP contribution >= 0.6 is 23.2 Å². The summed E-state index contributed by atoms with van der Waals surface area (Å²) in [5, 5.41) is 0. The van der Waals surface area contributed by atoms with Gasteiger partial charge in [0.05, 0.1) is 0 Å². The zero-order valence-electron chi connectivity index (χ0n) is 22.4. The van der Waals surface area contributed by atoms with E-state index in [1.807, 2.05) is 6.07 Å². The minimum atomic E-state index is -0.177. The highest BCUT2D eigenvalue weighted by Gasteiger charge is 2.54. The van der Waals surface area contributed by atoms with Crippen LogP contribution in [0.3, 0.4) is 0 Å². The molecule has 2 saturated carbocycles. The molecular formula is C32H39Cl2NO3. The van der Waals surface area contributed by atoms with Crippen molar-refractivity contribution in [2.75, 3.05) is 29.7 Å². The monoisotopic (exact) mass is 555 g/mol. The first-order valence-electron chi connectivity index (χ1n) is 14.3. The molecule has 0 bridgehead atoms. The molecule has 0 heterocycles. The molecule has 0 radical (unpaired) electrons. The second kappa shape index (κ2) is 12.0. The summed E-state index contributed by atoms with van der Waals surface area (Å²) in [6.45, 7) is 3.75. The lowest BCUT2D eigenvalue weighted by molar-refractivity contribution is -0.134. The Labute approximate surface area is 237 Å². The summed E-state index contributed by atoms with van der Waals surface area (Å²) in [6, 6.07) is 14.7. The van der Waals surface area contributed by atoms with E-state index < -0.39 is 0 Å². The van der Waals surface area contributed by atoms with Crippen molar-refractivity contribution in [2.45, 2.75) is 70.6 Å². The van der Waals surface area contributed by atoms with E-state index in [1.54, 1.807) is 0 Å². The lowest BCUT2D eigenvalue weighted by Gasteiger charge is -2.48. The van der Waals surface area contributed by atoms with Crippen molar-refractivity contribution < 1.29 is 14.3 Å². The van der Waals surface area contributed by atoms with Gasteiger partial charge in [0.1, 0.15) is 11.5 Å². The van der Waals surface area contributed by atoms with Gasteiger partial charge in [-0.2, -0.15) is 0 Å². The molecule has 3 aliphatic rings. The Morgan fingerprint density at radius 1 is 1.03 bits per heavy atom. The van der Waals surface area contributed by atoms with E-state index >= 15 is 0 Å². The maximum absolute atomic E-state index is 12.6. The highest BCUT2D eigenvalue weighted by molar-refractivity contribution is 6.18. The van der Waals surface area contributed by atoms with E-state index in [0.717, 1.165) is 70.1 Å². The summed E-state index contributed by atoms with van der Waals surface area (Å²) in [5.41, 5.74) is 4.97. The molecule has 0 amide bonds. The number of carbonyl (C=O) groups excluding carboxylic acids is 2. The van der Waals surface area contributed by atoms with E-state index in [2.05, 4.69) is 48.2 Å². The first kappa shape index (κ1) is 27.5. The van der Waals surface area contributed by atoms with Crippen LogP contribution in [0.2, 0.25) is 0 Å². The van der Waals surface area contributed by atoms with Gasteiger partial charge >= 0.3 is 5.97 Å². The van der Waals surface area contributed by atoms with Crippen LogP contribution in [0.15, 0.2) is 42.5 Å². The van der Waals surface area contributed by atoms with E-state index in [0.29, 0.717) is 47.5 Å². The average Bonchev–Trinajstić information content (AvgIpc) is 3.23. The van der Waals surface area contributed by atoms with Gasteiger partial charge in [0, 0.05) is 48.8 Å². The summed E-state index contributed by atoms with van der Waals surface area (Å²) in [5.74, 6) is 3.78. The summed E-state index contributed by atoms with van der Waals surface area (Å²) in [7, 11) is 0. The van der Waals surface area contributed by atoms with Crippen LogP contribution in [0.1, 0.15) is 74.5 Å². The Morgan fingerprint density at radius 3 is 2.53 bits per heavy atom. The Kier molecular flexibility index (Phi) is 8.69. The highest BCUT2D eigenvalue weighted by Crippen LogP contribution is 2.59. The number of rotatable bonds is 10. The Morgan fingerprint density at radius 2 is 1.79 bits per heavy atom. The largest absolute Gasteiger partial charge is 0.427 e. The van der Waals surface area contributed by atoms with Crippen LogP contribution in [0.5, 0.6) is 5.75 Å². The van der Waals surface area contributed by atoms with Gasteiger partial charge in [-0.3, -0.25) is 9.59 Å². The predicted octanol–water partition coefficient (Wildman–Crippen LogP) is 7.32. The number of ether oxygens (including phenoxy) is 1. The van der Waals surface area contributed by atoms with E-state index in [4.69, 9.17) is 27.9 Å². The van der Waals surface area contributed by atoms with Crippen molar-refractivity contribution in [1.82, 2.24) is 0 Å². The number of nitrogens with zero attached hydrogens (tertiary/aromatic N) is 1. The fraction of sp³-hybridized carbons (Fsp3) is 0.562. The van der Waals surface area contributed by atoms with Crippen molar-refractivity contribution in [3.8, 4) is 5.75 Å². The molecule has 204 valence electrons. The molecule has 0 spiro atoms. The molecule has 0 aliphatic heterocycles. The molecule has 0 aromatic heterocycles. The van der Waals surface area contributed by atoms with Crippen LogP contribution < -0.4 is 9.64 Å². The number of ketones is 1. The molecule has 3 aliphatic carbocycles. The van der Waals surface area contributed by atoms with E-state index in [9.17, 15) is 9.59 Å². The van der Waals surface area contributed by atoms with E-state index in [1.165, 1.54) is 16.7 Å². The Hall–Kier alpha value is -2.04. The van der Waals surface area contributed by atoms with Crippen molar-refractivity contribution >= 4 is 40.6 Å². The quantitative estimate of drug-likeness (QED) is 0.175. The zero-order chi connectivity index (χ0) is 26.7. The SMILES string of the molecule is C[C@]12CC[C@@H]3c4ccc(OC(=O)CCCc5ccc(N(CCCl)CCCl)cc5)cc4CC[C@H]3[C@@H]1CCC2=O. The molecular weight excluding hydrogens is 517 g/mol. The maximum atomic E-state index is 12.6. The lowest BCUT2D eigenvalue weighted by Crippen LogP contribution is -2.42. The lowest BCUT2D eigenvalue weighted by atomic mass is 9.55. The minimum Gasteiger partial charge on any atom is -0.427 e. The van der Waals surface area contributed by atoms with Gasteiger partial charge in [-0.05, 0) is 104 Å². The number of anilines is 1. The molecule has 0 unspecified atom stereocenters. The number of fused-ring (bicyclic) bond motifs is 5. The second-order valence-electron chi connectivity index (χ2n) is 11.6. The van der Waals surface area contributed by atoms with Crippen molar-refractivity contribution in [2.24, 2.45) is 17.3 Å². The number of aryl methyl sites for hydroxylation is 2. The second-order valence-corrected chi connectivity index (χ2v) is 12.3. The number of alkyl halides is 2. The average molecular weight is 557 g/mol. The fourth-order valence-electron chi connectivity index (χ4n) is 7.46. The number of Topliss-reactive ketones (excluding diaryl/α,β-unsaturated/α-hetero) is 1. The van der Waals surface area contributed by atoms with Crippen LogP contribution in [-0.2, 0) is 22.4 Å². The Bertz CT molecular complexity index is 1140. The molecule has 0 N–H and O–H groups in total. The molecule has 2 aromatic carbocycles. The zero-order valence-corrected chi connectivity index (χ0v) is 23.9. The third kappa shape index (κ3) is 5.63. The number of hydrogen-bond acceptors (Lipinski definition) is 4. The fourth-order valence-corrected chi connectivity index (χ4v) is 7.87. The molecule has 2 aromatic rings. The number of carbonyl (C=O) groups is 2. The van der Waals surface area contributed by atoms with Crippen molar-refractivity contribution in [1.29, 1.82) is 0 Å². The number of esters is 1. The minimum absolute atomic E-state index is 0.0923. The van der Waals surface area contributed by atoms with Gasteiger partial charge in [0.25, 0.3) is 0 Å². The van der Waals surface area contributed by atoms with Crippen LogP contribution in [0.25, 0.3) is 0 Å². The molecule has 0 saturated heterocycles. The first-order valence-corrected chi connectivity index (χ1v) is 15.3. The summed E-state index contributed by atoms with van der Waals surface area (Å²) in [4.78, 5) is 27.3. The molecule has 6 heteroatoms. The molecule has 4 atom stereocenters. The third-order valence-electron chi connectivity index (χ3n) is 9.50. The first-order chi connectivity index (χ1) is 18.4. The molecule has 38 heavy (non-hydrogen) atoms. The van der Waals surface area contributed by atoms with Gasteiger partial charge < -0.3 is 9.64 Å². The number of benzene rings is 2. The summed E-state index contributed by atoms with van der Waals surface area (Å²) in [6.07, 6.45) is 8.04. The number of hydrogen-bond donors (Lipinski definition) is 0. The summed E-state index contributed by atoms with van der Waals surface area (Å²) < 4.78 is 5.74. The van der Waals surface area contributed by atoms with Crippen LogP contribution in [0.4, 0.5) is 5.69 Å². The topological polar surface area (TPSA) is 46.6 Å². The maximum Gasteiger partial charge on any atom is 0.311 e. The summed E-state index contributed by atoms with van der Waals surface area (Å²) >= 11 is 11.8.